The highest BCUT2D eigenvalue weighted by molar-refractivity contribution is 5.42. The van der Waals surface area contributed by atoms with Crippen LogP contribution in [0, 0.1) is 6.92 Å². The first-order valence-corrected chi connectivity index (χ1v) is 6.39. The molecule has 2 aromatic heterocycles. The van der Waals surface area contributed by atoms with Gasteiger partial charge in [-0.25, -0.2) is 4.98 Å². The number of nitrogens with zero attached hydrogens (tertiary/aromatic N) is 2. The number of methoxy groups -OCH3 is 2. The molecule has 2 rings (SSSR count). The van der Waals surface area contributed by atoms with Gasteiger partial charge in [0.15, 0.2) is 6.29 Å². The highest BCUT2D eigenvalue weighted by Gasteiger charge is 2.16. The molecule has 0 saturated carbocycles. The van der Waals surface area contributed by atoms with Gasteiger partial charge in [0.25, 0.3) is 0 Å². The molecule has 0 aliphatic rings. The Morgan fingerprint density at radius 1 is 1.32 bits per heavy atom. The molecule has 5 heteroatoms. The van der Waals surface area contributed by atoms with Crippen molar-refractivity contribution in [1.82, 2.24) is 14.7 Å². The fraction of sp³-hybridized carbons (Fsp3) is 0.500. The van der Waals surface area contributed by atoms with E-state index in [1.54, 1.807) is 14.2 Å². The van der Waals surface area contributed by atoms with Gasteiger partial charge in [-0.15, -0.1) is 0 Å². The van der Waals surface area contributed by atoms with Crippen molar-refractivity contribution in [2.75, 3.05) is 14.2 Å². The Kier molecular flexibility index (Phi) is 4.52. The lowest BCUT2D eigenvalue weighted by atomic mass is 10.3. The number of fused-ring (bicyclic) bond motifs is 1. The summed E-state index contributed by atoms with van der Waals surface area (Å²) in [6, 6.07) is 6.11. The van der Waals surface area contributed by atoms with Crippen molar-refractivity contribution in [3.8, 4) is 0 Å². The third kappa shape index (κ3) is 2.94. The average molecular weight is 263 g/mol. The summed E-state index contributed by atoms with van der Waals surface area (Å²) in [5.41, 5.74) is 3.17. The molecule has 0 saturated heterocycles. The van der Waals surface area contributed by atoms with Gasteiger partial charge in [-0.3, -0.25) is 0 Å². The van der Waals surface area contributed by atoms with Gasteiger partial charge in [-0.2, -0.15) is 0 Å². The van der Waals surface area contributed by atoms with E-state index in [2.05, 4.69) is 14.7 Å². The summed E-state index contributed by atoms with van der Waals surface area (Å²) in [6.45, 7) is 4.79. The zero-order chi connectivity index (χ0) is 13.8. The lowest BCUT2D eigenvalue weighted by Gasteiger charge is -2.22. The molecule has 0 aliphatic carbocycles. The number of pyridine rings is 1. The average Bonchev–Trinajstić information content (AvgIpc) is 2.73. The number of nitrogens with one attached hydrogen (secondary N) is 1. The van der Waals surface area contributed by atoms with E-state index in [0.717, 1.165) is 23.6 Å². The number of aryl methyl sites for hydroxylation is 1. The maximum Gasteiger partial charge on any atom is 0.171 e. The van der Waals surface area contributed by atoms with Crippen LogP contribution in [0.15, 0.2) is 24.4 Å². The van der Waals surface area contributed by atoms with E-state index in [1.807, 2.05) is 38.2 Å². The Morgan fingerprint density at radius 2 is 2.05 bits per heavy atom. The van der Waals surface area contributed by atoms with Gasteiger partial charge >= 0.3 is 0 Å². The van der Waals surface area contributed by atoms with Gasteiger partial charge < -0.3 is 19.2 Å². The molecule has 0 amide bonds. The van der Waals surface area contributed by atoms with Crippen molar-refractivity contribution in [3.63, 3.8) is 0 Å². The number of imidazole rings is 1. The smallest absolute Gasteiger partial charge is 0.171 e. The Morgan fingerprint density at radius 3 is 2.74 bits per heavy atom. The largest absolute Gasteiger partial charge is 0.354 e. The number of aromatic nitrogens is 2. The number of hydrogen-bond acceptors (Lipinski definition) is 4. The SMILES string of the molecule is COC(OC)C(C)NCc1c(C)nc2ccccn12. The Balaban J connectivity index is 2.11. The maximum absolute atomic E-state index is 5.24. The molecule has 19 heavy (non-hydrogen) atoms. The van der Waals surface area contributed by atoms with E-state index in [4.69, 9.17) is 9.47 Å². The second kappa shape index (κ2) is 6.14. The summed E-state index contributed by atoms with van der Waals surface area (Å²) in [7, 11) is 3.29. The number of hydrogen-bond donors (Lipinski definition) is 1. The predicted octanol–water partition coefficient (Wildman–Crippen LogP) is 1.74. The van der Waals surface area contributed by atoms with Crippen molar-refractivity contribution in [3.05, 3.63) is 35.8 Å². The van der Waals surface area contributed by atoms with Gasteiger partial charge in [0.05, 0.1) is 17.4 Å². The maximum atomic E-state index is 5.24. The van der Waals surface area contributed by atoms with E-state index in [-0.39, 0.29) is 12.3 Å². The van der Waals surface area contributed by atoms with Crippen LogP contribution in [0.25, 0.3) is 5.65 Å². The van der Waals surface area contributed by atoms with Crippen LogP contribution in [0.3, 0.4) is 0 Å². The second-order valence-corrected chi connectivity index (χ2v) is 4.58. The van der Waals surface area contributed by atoms with Crippen molar-refractivity contribution in [2.24, 2.45) is 0 Å². The Bertz CT molecular complexity index is 534. The highest BCUT2D eigenvalue weighted by atomic mass is 16.7. The minimum absolute atomic E-state index is 0.101. The standard InChI is InChI=1S/C14H21N3O2/c1-10-12(9-15-11(2)14(18-3)19-4)17-8-6-5-7-13(17)16-10/h5-8,11,14-15H,9H2,1-4H3. The van der Waals surface area contributed by atoms with Crippen molar-refractivity contribution < 1.29 is 9.47 Å². The minimum atomic E-state index is -0.250. The summed E-state index contributed by atoms with van der Waals surface area (Å²) >= 11 is 0. The topological polar surface area (TPSA) is 47.8 Å². The van der Waals surface area contributed by atoms with Crippen LogP contribution in [-0.2, 0) is 16.0 Å². The molecule has 0 radical (unpaired) electrons. The first kappa shape index (κ1) is 14.0. The van der Waals surface area contributed by atoms with Crippen LogP contribution in [0.5, 0.6) is 0 Å². The minimum Gasteiger partial charge on any atom is -0.354 e. The molecule has 104 valence electrons. The van der Waals surface area contributed by atoms with Gasteiger partial charge in [-0.1, -0.05) is 6.07 Å². The van der Waals surface area contributed by atoms with E-state index >= 15 is 0 Å². The molecule has 0 aromatic carbocycles. The molecule has 0 fully saturated rings. The molecular formula is C14H21N3O2. The fourth-order valence-corrected chi connectivity index (χ4v) is 2.24. The van der Waals surface area contributed by atoms with Crippen LogP contribution in [-0.4, -0.2) is 35.9 Å². The summed E-state index contributed by atoms with van der Waals surface area (Å²) in [5.74, 6) is 0. The molecule has 0 aliphatic heterocycles. The van der Waals surface area contributed by atoms with E-state index in [9.17, 15) is 0 Å². The van der Waals surface area contributed by atoms with Gasteiger partial charge in [0.1, 0.15) is 5.65 Å². The highest BCUT2D eigenvalue weighted by Crippen LogP contribution is 2.12. The molecule has 1 N–H and O–H groups in total. The fourth-order valence-electron chi connectivity index (χ4n) is 2.24. The first-order valence-electron chi connectivity index (χ1n) is 6.39. The van der Waals surface area contributed by atoms with Crippen LogP contribution < -0.4 is 5.32 Å². The Labute approximate surface area is 113 Å². The molecule has 1 unspecified atom stereocenters. The monoisotopic (exact) mass is 263 g/mol. The molecular weight excluding hydrogens is 242 g/mol. The number of rotatable bonds is 6. The molecule has 5 nitrogen and oxygen atoms in total. The summed E-state index contributed by atoms with van der Waals surface area (Å²) < 4.78 is 12.6. The van der Waals surface area contributed by atoms with Crippen molar-refractivity contribution in [1.29, 1.82) is 0 Å². The van der Waals surface area contributed by atoms with Gasteiger partial charge in [-0.05, 0) is 26.0 Å². The zero-order valence-electron chi connectivity index (χ0n) is 11.9. The van der Waals surface area contributed by atoms with Gasteiger partial charge in [0, 0.05) is 27.0 Å². The molecule has 0 bridgehead atoms. The van der Waals surface area contributed by atoms with Crippen LogP contribution in [0.1, 0.15) is 18.3 Å². The van der Waals surface area contributed by atoms with E-state index in [1.165, 1.54) is 0 Å². The van der Waals surface area contributed by atoms with Gasteiger partial charge in [0.2, 0.25) is 0 Å². The lowest BCUT2D eigenvalue weighted by molar-refractivity contribution is -0.119. The molecule has 2 heterocycles. The summed E-state index contributed by atoms with van der Waals surface area (Å²) in [4.78, 5) is 4.54. The predicted molar refractivity (Wildman–Crippen MR) is 74.0 cm³/mol. The summed E-state index contributed by atoms with van der Waals surface area (Å²) in [5, 5.41) is 3.41. The van der Waals surface area contributed by atoms with Crippen LogP contribution >= 0.6 is 0 Å². The lowest BCUT2D eigenvalue weighted by Crippen LogP contribution is -2.39. The number of ether oxygens (including phenoxy) is 2. The quantitative estimate of drug-likeness (QED) is 0.806. The molecule has 1 atom stereocenters. The second-order valence-electron chi connectivity index (χ2n) is 4.58. The van der Waals surface area contributed by atoms with Crippen LogP contribution in [0.2, 0.25) is 0 Å². The zero-order valence-corrected chi connectivity index (χ0v) is 11.9. The Hall–Kier alpha value is -1.43. The third-order valence-corrected chi connectivity index (χ3v) is 3.29. The van der Waals surface area contributed by atoms with E-state index < -0.39 is 0 Å². The molecule has 2 aromatic rings. The third-order valence-electron chi connectivity index (χ3n) is 3.29. The van der Waals surface area contributed by atoms with Crippen LogP contribution in [0.4, 0.5) is 0 Å². The van der Waals surface area contributed by atoms with Crippen molar-refractivity contribution in [2.45, 2.75) is 32.7 Å². The normalized spacial score (nSPS) is 13.3. The summed E-state index contributed by atoms with van der Waals surface area (Å²) in [6.07, 6.45) is 1.78. The molecule has 0 spiro atoms. The van der Waals surface area contributed by atoms with E-state index in [0.29, 0.717) is 0 Å². The first-order chi connectivity index (χ1) is 9.17. The van der Waals surface area contributed by atoms with Crippen molar-refractivity contribution >= 4 is 5.65 Å².